The molecule has 1 unspecified atom stereocenters. The topological polar surface area (TPSA) is 21.3 Å². The number of anilines is 1. The van der Waals surface area contributed by atoms with Crippen LogP contribution in [-0.2, 0) is 0 Å². The number of halogens is 3. The summed E-state index contributed by atoms with van der Waals surface area (Å²) in [6.45, 7) is 0. The van der Waals surface area contributed by atoms with Crippen LogP contribution in [0.1, 0.15) is 44.9 Å². The lowest BCUT2D eigenvalue weighted by Crippen LogP contribution is -2.50. The quantitative estimate of drug-likeness (QED) is 0.837. The van der Waals surface area contributed by atoms with Gasteiger partial charge in [0, 0.05) is 17.8 Å². The van der Waals surface area contributed by atoms with Crippen LogP contribution in [0.15, 0.2) is 24.3 Å². The van der Waals surface area contributed by atoms with Gasteiger partial charge < -0.3 is 10.1 Å². The normalized spacial score (nSPS) is 24.4. The highest BCUT2D eigenvalue weighted by atomic mass is 19.4. The molecule has 0 amide bonds. The first kappa shape index (κ1) is 14.5. The summed E-state index contributed by atoms with van der Waals surface area (Å²) < 4.78 is 40.7. The van der Waals surface area contributed by atoms with Crippen LogP contribution >= 0.6 is 0 Å². The maximum absolute atomic E-state index is 12.3. The predicted octanol–water partition coefficient (Wildman–Crippen LogP) is 5.11. The number of alkyl halides is 3. The molecule has 2 nitrogen and oxygen atoms in total. The third-order valence-electron chi connectivity index (χ3n) is 4.93. The van der Waals surface area contributed by atoms with Crippen molar-refractivity contribution < 1.29 is 17.9 Å². The molecule has 21 heavy (non-hydrogen) atoms. The first-order valence-electron chi connectivity index (χ1n) is 7.59. The van der Waals surface area contributed by atoms with E-state index in [4.69, 9.17) is 0 Å². The Balaban J connectivity index is 1.66. The van der Waals surface area contributed by atoms with Crippen LogP contribution in [0.3, 0.4) is 0 Å². The second-order valence-corrected chi connectivity index (χ2v) is 6.23. The standard InChI is InChI=1S/C16H20F3NO/c17-16(18,19)21-13-6-4-5-12(11-13)20-14-7-10-15(14)8-2-1-3-9-15/h4-6,11,14,20H,1-3,7-10H2. The lowest BCUT2D eigenvalue weighted by atomic mass is 9.57. The van der Waals surface area contributed by atoms with Gasteiger partial charge in [0.25, 0.3) is 0 Å². The Morgan fingerprint density at radius 3 is 2.48 bits per heavy atom. The monoisotopic (exact) mass is 299 g/mol. The number of ether oxygens (including phenoxy) is 1. The SMILES string of the molecule is FC(F)(F)Oc1cccc(NC2CCC23CCCCC3)c1. The Labute approximate surface area is 122 Å². The molecule has 0 bridgehead atoms. The molecule has 2 fully saturated rings. The molecular weight excluding hydrogens is 279 g/mol. The minimum absolute atomic E-state index is 0.162. The van der Waals surface area contributed by atoms with Crippen molar-refractivity contribution in [1.29, 1.82) is 0 Å². The fraction of sp³-hybridized carbons (Fsp3) is 0.625. The second kappa shape index (κ2) is 5.43. The highest BCUT2D eigenvalue weighted by molar-refractivity contribution is 5.49. The van der Waals surface area contributed by atoms with Crippen molar-refractivity contribution in [1.82, 2.24) is 0 Å². The Bertz CT molecular complexity index is 495. The highest BCUT2D eigenvalue weighted by Crippen LogP contribution is 2.52. The fourth-order valence-electron chi connectivity index (χ4n) is 3.76. The molecule has 0 aromatic heterocycles. The van der Waals surface area contributed by atoms with E-state index in [0.717, 1.165) is 6.42 Å². The lowest BCUT2D eigenvalue weighted by Gasteiger charge is -2.52. The van der Waals surface area contributed by atoms with E-state index < -0.39 is 6.36 Å². The third-order valence-corrected chi connectivity index (χ3v) is 4.93. The molecule has 0 aliphatic heterocycles. The molecule has 2 saturated carbocycles. The fourth-order valence-corrected chi connectivity index (χ4v) is 3.76. The average Bonchev–Trinajstić information content (AvgIpc) is 2.43. The van der Waals surface area contributed by atoms with Gasteiger partial charge in [0.15, 0.2) is 0 Å². The minimum atomic E-state index is -4.64. The van der Waals surface area contributed by atoms with Crippen molar-refractivity contribution >= 4 is 5.69 Å². The summed E-state index contributed by atoms with van der Waals surface area (Å²) in [5.74, 6) is -0.162. The smallest absolute Gasteiger partial charge is 0.406 e. The van der Waals surface area contributed by atoms with E-state index in [1.165, 1.54) is 50.7 Å². The lowest BCUT2D eigenvalue weighted by molar-refractivity contribution is -0.274. The third kappa shape index (κ3) is 3.27. The molecule has 0 radical (unpaired) electrons. The molecule has 0 saturated heterocycles. The second-order valence-electron chi connectivity index (χ2n) is 6.23. The van der Waals surface area contributed by atoms with E-state index in [9.17, 15) is 13.2 Å². The van der Waals surface area contributed by atoms with Crippen molar-refractivity contribution in [2.45, 2.75) is 57.3 Å². The van der Waals surface area contributed by atoms with Crippen LogP contribution in [0.4, 0.5) is 18.9 Å². The molecule has 1 spiro atoms. The van der Waals surface area contributed by atoms with Crippen LogP contribution < -0.4 is 10.1 Å². The molecule has 1 aromatic rings. The Hall–Kier alpha value is -1.39. The van der Waals surface area contributed by atoms with Gasteiger partial charge in [0.2, 0.25) is 0 Å². The Morgan fingerprint density at radius 2 is 1.86 bits per heavy atom. The van der Waals surface area contributed by atoms with Gasteiger partial charge in [-0.05, 0) is 43.2 Å². The summed E-state index contributed by atoms with van der Waals surface area (Å²) >= 11 is 0. The molecule has 0 heterocycles. The van der Waals surface area contributed by atoms with Gasteiger partial charge in [0.05, 0.1) is 0 Å². The molecule has 2 aliphatic rings. The first-order chi connectivity index (χ1) is 9.97. The van der Waals surface area contributed by atoms with Gasteiger partial charge in [-0.1, -0.05) is 25.3 Å². The van der Waals surface area contributed by atoms with Gasteiger partial charge in [-0.25, -0.2) is 0 Å². The summed E-state index contributed by atoms with van der Waals surface area (Å²) in [6.07, 6.45) is 4.04. The molecule has 1 aromatic carbocycles. The van der Waals surface area contributed by atoms with Crippen molar-refractivity contribution in [3.05, 3.63) is 24.3 Å². The zero-order chi connectivity index (χ0) is 14.9. The van der Waals surface area contributed by atoms with Crippen LogP contribution in [0.2, 0.25) is 0 Å². The van der Waals surface area contributed by atoms with Crippen molar-refractivity contribution in [2.24, 2.45) is 5.41 Å². The summed E-state index contributed by atoms with van der Waals surface area (Å²) in [6, 6.07) is 6.55. The molecule has 2 aliphatic carbocycles. The zero-order valence-corrected chi connectivity index (χ0v) is 11.9. The average molecular weight is 299 g/mol. The summed E-state index contributed by atoms with van der Waals surface area (Å²) in [5, 5.41) is 3.42. The van der Waals surface area contributed by atoms with E-state index in [2.05, 4.69) is 10.1 Å². The van der Waals surface area contributed by atoms with Crippen LogP contribution in [0.25, 0.3) is 0 Å². The van der Waals surface area contributed by atoms with E-state index in [-0.39, 0.29) is 5.75 Å². The van der Waals surface area contributed by atoms with Crippen LogP contribution in [0, 0.1) is 5.41 Å². The van der Waals surface area contributed by atoms with Gasteiger partial charge in [-0.2, -0.15) is 0 Å². The molecule has 1 atom stereocenters. The minimum Gasteiger partial charge on any atom is -0.406 e. The molecule has 3 rings (SSSR count). The highest BCUT2D eigenvalue weighted by Gasteiger charge is 2.46. The molecule has 116 valence electrons. The van der Waals surface area contributed by atoms with Crippen molar-refractivity contribution in [3.8, 4) is 5.75 Å². The summed E-state index contributed by atoms with van der Waals surface area (Å²) in [5.41, 5.74) is 1.09. The molecule has 5 heteroatoms. The number of nitrogens with one attached hydrogen (secondary N) is 1. The Morgan fingerprint density at radius 1 is 1.10 bits per heavy atom. The largest absolute Gasteiger partial charge is 0.573 e. The van der Waals surface area contributed by atoms with E-state index >= 15 is 0 Å². The number of benzene rings is 1. The van der Waals surface area contributed by atoms with E-state index in [0.29, 0.717) is 17.1 Å². The number of hydrogen-bond acceptors (Lipinski definition) is 2. The van der Waals surface area contributed by atoms with Crippen LogP contribution in [-0.4, -0.2) is 12.4 Å². The summed E-state index contributed by atoms with van der Waals surface area (Å²) in [4.78, 5) is 0. The Kier molecular flexibility index (Phi) is 3.76. The number of hydrogen-bond donors (Lipinski definition) is 1. The first-order valence-corrected chi connectivity index (χ1v) is 7.59. The maximum Gasteiger partial charge on any atom is 0.573 e. The van der Waals surface area contributed by atoms with E-state index in [1.54, 1.807) is 12.1 Å². The summed E-state index contributed by atoms with van der Waals surface area (Å²) in [7, 11) is 0. The maximum atomic E-state index is 12.3. The molecular formula is C16H20F3NO. The van der Waals surface area contributed by atoms with Gasteiger partial charge >= 0.3 is 6.36 Å². The zero-order valence-electron chi connectivity index (χ0n) is 11.9. The van der Waals surface area contributed by atoms with E-state index in [1.807, 2.05) is 0 Å². The predicted molar refractivity (Wildman–Crippen MR) is 75.3 cm³/mol. The number of rotatable bonds is 3. The van der Waals surface area contributed by atoms with Gasteiger partial charge in [-0.15, -0.1) is 13.2 Å². The van der Waals surface area contributed by atoms with Crippen molar-refractivity contribution in [2.75, 3.05) is 5.32 Å². The van der Waals surface area contributed by atoms with Gasteiger partial charge in [-0.3, -0.25) is 0 Å². The van der Waals surface area contributed by atoms with Crippen molar-refractivity contribution in [3.63, 3.8) is 0 Å². The van der Waals surface area contributed by atoms with Gasteiger partial charge in [0.1, 0.15) is 5.75 Å². The van der Waals surface area contributed by atoms with Crippen LogP contribution in [0.5, 0.6) is 5.75 Å². The molecule has 1 N–H and O–H groups in total.